The Labute approximate surface area is 153 Å². The van der Waals surface area contributed by atoms with Crippen molar-refractivity contribution >= 4 is 15.7 Å². The first-order valence-corrected chi connectivity index (χ1v) is 9.98. The van der Waals surface area contributed by atoms with Gasteiger partial charge in [0.15, 0.2) is 0 Å². The van der Waals surface area contributed by atoms with Crippen molar-refractivity contribution in [2.24, 2.45) is 5.14 Å². The molecule has 0 aromatic heterocycles. The maximum Gasteiger partial charge on any atom is 0.238 e. The molecule has 3 rings (SSSR count). The minimum atomic E-state index is -3.67. The molecule has 1 saturated heterocycles. The van der Waals surface area contributed by atoms with Gasteiger partial charge < -0.3 is 14.7 Å². The Bertz CT molecular complexity index is 815. The zero-order valence-corrected chi connectivity index (χ0v) is 15.2. The van der Waals surface area contributed by atoms with E-state index in [-0.39, 0.29) is 10.6 Å². The number of hydrogen-bond donors (Lipinski definition) is 2. The number of primary sulfonamides is 1. The molecule has 1 heterocycles. The van der Waals surface area contributed by atoms with Crippen LogP contribution in [0.25, 0.3) is 0 Å². The number of nitrogens with zero attached hydrogens (tertiary/aromatic N) is 2. The number of rotatable bonds is 6. The fourth-order valence-corrected chi connectivity index (χ4v) is 3.43. The van der Waals surface area contributed by atoms with E-state index in [9.17, 15) is 13.5 Å². The van der Waals surface area contributed by atoms with Crippen molar-refractivity contribution in [1.82, 2.24) is 4.90 Å². The summed E-state index contributed by atoms with van der Waals surface area (Å²) in [5.41, 5.74) is 1.12. The second-order valence-corrected chi connectivity index (χ2v) is 7.77. The van der Waals surface area contributed by atoms with Crippen LogP contribution in [0.3, 0.4) is 0 Å². The molecule has 140 valence electrons. The van der Waals surface area contributed by atoms with Crippen molar-refractivity contribution in [2.45, 2.75) is 4.90 Å². The highest BCUT2D eigenvalue weighted by atomic mass is 32.2. The number of ether oxygens (including phenoxy) is 1. The Hall–Kier alpha value is -2.29. The minimum absolute atomic E-state index is 0.0789. The van der Waals surface area contributed by atoms with Gasteiger partial charge in [-0.2, -0.15) is 0 Å². The smallest absolute Gasteiger partial charge is 0.238 e. The third kappa shape index (κ3) is 4.87. The molecule has 2 aromatic rings. The maximum absolute atomic E-state index is 11.2. The molecule has 8 heteroatoms. The van der Waals surface area contributed by atoms with Crippen LogP contribution < -0.4 is 14.8 Å². The average Bonchev–Trinajstić information content (AvgIpc) is 2.63. The predicted octanol–water partition coefficient (Wildman–Crippen LogP) is 1.24. The predicted molar refractivity (Wildman–Crippen MR) is 100 cm³/mol. The second-order valence-electron chi connectivity index (χ2n) is 6.21. The monoisotopic (exact) mass is 377 g/mol. The fraction of sp³-hybridized carbons (Fsp3) is 0.333. The molecule has 7 nitrogen and oxygen atoms in total. The van der Waals surface area contributed by atoms with Crippen LogP contribution in [0.4, 0.5) is 5.69 Å². The summed E-state index contributed by atoms with van der Waals surface area (Å²) in [5.74, 6) is 0.904. The van der Waals surface area contributed by atoms with Crippen LogP contribution in [0.2, 0.25) is 0 Å². The van der Waals surface area contributed by atoms with E-state index in [1.54, 1.807) is 24.3 Å². The molecule has 0 spiro atoms. The molecular formula is C18H23N3O4S. The molecular weight excluding hydrogens is 354 g/mol. The summed E-state index contributed by atoms with van der Waals surface area (Å²) in [6.07, 6.45) is 0. The van der Waals surface area contributed by atoms with Gasteiger partial charge in [-0.25, -0.2) is 13.6 Å². The molecule has 0 amide bonds. The lowest BCUT2D eigenvalue weighted by Gasteiger charge is -2.36. The highest BCUT2D eigenvalue weighted by Crippen LogP contribution is 2.20. The number of phenols is 1. The van der Waals surface area contributed by atoms with Gasteiger partial charge in [0.1, 0.15) is 18.1 Å². The molecule has 26 heavy (non-hydrogen) atoms. The van der Waals surface area contributed by atoms with Gasteiger partial charge in [0.25, 0.3) is 0 Å². The van der Waals surface area contributed by atoms with Crippen molar-refractivity contribution in [3.05, 3.63) is 48.5 Å². The Balaban J connectivity index is 1.42. The first-order valence-electron chi connectivity index (χ1n) is 8.44. The number of phenolic OH excluding ortho intramolecular Hbond substituents is 1. The van der Waals surface area contributed by atoms with Crippen LogP contribution in [0.15, 0.2) is 53.4 Å². The Morgan fingerprint density at radius 2 is 1.58 bits per heavy atom. The van der Waals surface area contributed by atoms with Crippen molar-refractivity contribution in [3.63, 3.8) is 0 Å². The van der Waals surface area contributed by atoms with Crippen molar-refractivity contribution in [2.75, 3.05) is 44.2 Å². The quantitative estimate of drug-likeness (QED) is 0.786. The van der Waals surface area contributed by atoms with E-state index in [1.165, 1.54) is 12.1 Å². The van der Waals surface area contributed by atoms with E-state index in [0.717, 1.165) is 38.4 Å². The lowest BCUT2D eigenvalue weighted by molar-refractivity contribution is 0.200. The SMILES string of the molecule is NS(=O)(=O)c1ccc(OCCN2CCN(c3ccc(O)cc3)CC2)cc1. The summed E-state index contributed by atoms with van der Waals surface area (Å²) in [5, 5.41) is 14.4. The Morgan fingerprint density at radius 3 is 2.15 bits per heavy atom. The molecule has 0 saturated carbocycles. The number of benzene rings is 2. The fourth-order valence-electron chi connectivity index (χ4n) is 2.91. The van der Waals surface area contributed by atoms with Crippen LogP contribution >= 0.6 is 0 Å². The van der Waals surface area contributed by atoms with E-state index in [2.05, 4.69) is 9.80 Å². The molecule has 1 aliphatic rings. The van der Waals surface area contributed by atoms with Crippen molar-refractivity contribution < 1.29 is 18.3 Å². The normalized spacial score (nSPS) is 15.8. The number of anilines is 1. The first kappa shape index (κ1) is 18.5. The van der Waals surface area contributed by atoms with Gasteiger partial charge in [0.2, 0.25) is 10.0 Å². The van der Waals surface area contributed by atoms with Crippen LogP contribution in [0, 0.1) is 0 Å². The summed E-state index contributed by atoms with van der Waals surface area (Å²) in [4.78, 5) is 4.70. The van der Waals surface area contributed by atoms with E-state index in [4.69, 9.17) is 9.88 Å². The molecule has 1 aliphatic heterocycles. The number of nitrogens with two attached hydrogens (primary N) is 1. The van der Waals surface area contributed by atoms with Gasteiger partial charge in [-0.15, -0.1) is 0 Å². The van der Waals surface area contributed by atoms with Gasteiger partial charge >= 0.3 is 0 Å². The van der Waals surface area contributed by atoms with Crippen molar-refractivity contribution in [3.8, 4) is 11.5 Å². The van der Waals surface area contributed by atoms with Crippen LogP contribution in [-0.2, 0) is 10.0 Å². The lowest BCUT2D eigenvalue weighted by atomic mass is 10.2. The van der Waals surface area contributed by atoms with E-state index >= 15 is 0 Å². The lowest BCUT2D eigenvalue weighted by Crippen LogP contribution is -2.47. The van der Waals surface area contributed by atoms with Gasteiger partial charge in [-0.05, 0) is 48.5 Å². The van der Waals surface area contributed by atoms with Gasteiger partial charge in [0.05, 0.1) is 4.90 Å². The summed E-state index contributed by atoms with van der Waals surface area (Å²) in [6.45, 7) is 5.07. The topological polar surface area (TPSA) is 96.1 Å². The first-order chi connectivity index (χ1) is 12.4. The standard InChI is InChI=1S/C18H23N3O4S/c19-26(23,24)18-7-5-17(6-8-18)25-14-13-20-9-11-21(12-10-20)15-1-3-16(22)4-2-15/h1-8,22H,9-14H2,(H2,19,23,24). The molecule has 2 aromatic carbocycles. The molecule has 0 unspecified atom stereocenters. The summed E-state index contributed by atoms with van der Waals surface area (Å²) in [7, 11) is -3.67. The van der Waals surface area contributed by atoms with E-state index in [1.807, 2.05) is 12.1 Å². The highest BCUT2D eigenvalue weighted by molar-refractivity contribution is 7.89. The zero-order valence-electron chi connectivity index (χ0n) is 14.4. The van der Waals surface area contributed by atoms with Crippen LogP contribution in [0.5, 0.6) is 11.5 Å². The van der Waals surface area contributed by atoms with Crippen LogP contribution in [0.1, 0.15) is 0 Å². The Morgan fingerprint density at radius 1 is 0.962 bits per heavy atom. The summed E-state index contributed by atoms with van der Waals surface area (Å²) >= 11 is 0. The average molecular weight is 377 g/mol. The summed E-state index contributed by atoms with van der Waals surface area (Å²) < 4.78 is 28.1. The number of piperazine rings is 1. The van der Waals surface area contributed by atoms with Gasteiger partial charge in [0, 0.05) is 38.4 Å². The zero-order chi connectivity index (χ0) is 18.6. The summed E-state index contributed by atoms with van der Waals surface area (Å²) in [6, 6.07) is 13.4. The van der Waals surface area contributed by atoms with Crippen LogP contribution in [-0.4, -0.2) is 57.8 Å². The number of aromatic hydroxyl groups is 1. The maximum atomic E-state index is 11.2. The molecule has 3 N–H and O–H groups in total. The van der Waals surface area contributed by atoms with E-state index in [0.29, 0.717) is 12.4 Å². The molecule has 0 bridgehead atoms. The van der Waals surface area contributed by atoms with Gasteiger partial charge in [-0.3, -0.25) is 4.90 Å². The molecule has 0 radical (unpaired) electrons. The highest BCUT2D eigenvalue weighted by Gasteiger charge is 2.17. The Kier molecular flexibility index (Phi) is 5.65. The number of sulfonamides is 1. The third-order valence-corrected chi connectivity index (χ3v) is 5.34. The van der Waals surface area contributed by atoms with Crippen molar-refractivity contribution in [1.29, 1.82) is 0 Å². The second kappa shape index (κ2) is 7.94. The molecule has 0 aliphatic carbocycles. The minimum Gasteiger partial charge on any atom is -0.508 e. The van der Waals surface area contributed by atoms with E-state index < -0.39 is 10.0 Å². The van der Waals surface area contributed by atoms with Gasteiger partial charge in [-0.1, -0.05) is 0 Å². The molecule has 0 atom stereocenters. The molecule has 1 fully saturated rings. The number of hydrogen-bond acceptors (Lipinski definition) is 6. The largest absolute Gasteiger partial charge is 0.508 e. The third-order valence-electron chi connectivity index (χ3n) is 4.42.